The molecule has 0 unspecified atom stereocenters. The number of carbonyl (C=O) groups excluding carboxylic acids is 1. The number of aromatic nitrogens is 3. The summed E-state index contributed by atoms with van der Waals surface area (Å²) < 4.78 is 6.40. The molecule has 4 aromatic rings. The number of aromatic amines is 1. The van der Waals surface area contributed by atoms with Crippen molar-refractivity contribution in [2.24, 2.45) is 0 Å². The van der Waals surface area contributed by atoms with Crippen LogP contribution in [0.1, 0.15) is 17.7 Å². The van der Waals surface area contributed by atoms with E-state index in [1.165, 1.54) is 4.88 Å². The molecule has 8 nitrogen and oxygen atoms in total. The summed E-state index contributed by atoms with van der Waals surface area (Å²) in [5.41, 5.74) is 3.44. The molecule has 182 valence electrons. The third-order valence-corrected chi connectivity index (χ3v) is 7.60. The normalized spacial score (nSPS) is 14.8. The van der Waals surface area contributed by atoms with Gasteiger partial charge in [-0.3, -0.25) is 9.69 Å². The van der Waals surface area contributed by atoms with Gasteiger partial charge in [0.05, 0.1) is 10.2 Å². The van der Waals surface area contributed by atoms with Crippen LogP contribution < -0.4 is 15.4 Å². The average Bonchev–Trinajstić information content (AvgIpc) is 3.56. The number of carbonyl (C=O) groups is 1. The Hall–Kier alpha value is -2.95. The van der Waals surface area contributed by atoms with Gasteiger partial charge in [0.25, 0.3) is 5.91 Å². The van der Waals surface area contributed by atoms with Crippen LogP contribution in [0.2, 0.25) is 0 Å². The largest absolute Gasteiger partial charge is 0.484 e. The molecule has 4 heterocycles. The van der Waals surface area contributed by atoms with Crippen molar-refractivity contribution in [1.29, 1.82) is 0 Å². The van der Waals surface area contributed by atoms with Crippen LogP contribution >= 0.6 is 27.3 Å². The Labute approximate surface area is 216 Å². The van der Waals surface area contributed by atoms with E-state index in [4.69, 9.17) is 9.72 Å². The van der Waals surface area contributed by atoms with Crippen LogP contribution in [0.5, 0.6) is 5.75 Å². The van der Waals surface area contributed by atoms with Gasteiger partial charge < -0.3 is 20.4 Å². The molecule has 5 rings (SSSR count). The number of imidazole rings is 1. The number of nitrogens with one attached hydrogen (secondary N) is 3. The highest BCUT2D eigenvalue weighted by Gasteiger charge is 2.22. The molecule has 1 aromatic carbocycles. The number of likely N-dealkylation sites (N-methyl/N-ethyl adjacent to an activating group) is 1. The Morgan fingerprint density at radius 1 is 1.26 bits per heavy atom. The maximum atomic E-state index is 11.4. The molecular weight excluding hydrogens is 528 g/mol. The first kappa shape index (κ1) is 23.8. The van der Waals surface area contributed by atoms with E-state index in [2.05, 4.69) is 58.9 Å². The van der Waals surface area contributed by atoms with Crippen LogP contribution in [0.3, 0.4) is 0 Å². The molecule has 10 heteroatoms. The van der Waals surface area contributed by atoms with E-state index in [1.54, 1.807) is 7.05 Å². The number of hydrogen-bond donors (Lipinski definition) is 3. The average molecular weight is 556 g/mol. The summed E-state index contributed by atoms with van der Waals surface area (Å²) in [6.45, 7) is 3.16. The summed E-state index contributed by atoms with van der Waals surface area (Å²) in [6, 6.07) is 12.2. The number of amides is 1. The van der Waals surface area contributed by atoms with Crippen molar-refractivity contribution in [2.75, 3.05) is 32.1 Å². The molecule has 0 aliphatic carbocycles. The number of halogens is 1. The predicted molar refractivity (Wildman–Crippen MR) is 143 cm³/mol. The second-order valence-corrected chi connectivity index (χ2v) is 10.4. The summed E-state index contributed by atoms with van der Waals surface area (Å²) in [5.74, 6) is 1.19. The van der Waals surface area contributed by atoms with Crippen LogP contribution in [-0.2, 0) is 11.3 Å². The second kappa shape index (κ2) is 10.8. The number of rotatable bonds is 8. The number of benzene rings is 1. The highest BCUT2D eigenvalue weighted by atomic mass is 79.9. The van der Waals surface area contributed by atoms with E-state index in [0.717, 1.165) is 65.2 Å². The Bertz CT molecular complexity index is 1280. The molecule has 0 atom stereocenters. The summed E-state index contributed by atoms with van der Waals surface area (Å²) in [7, 11) is 1.58. The van der Waals surface area contributed by atoms with Gasteiger partial charge in [0.15, 0.2) is 12.3 Å². The highest BCUT2D eigenvalue weighted by molar-refractivity contribution is 9.10. The zero-order valence-electron chi connectivity index (χ0n) is 19.4. The van der Waals surface area contributed by atoms with Crippen molar-refractivity contribution in [3.8, 4) is 17.1 Å². The third-order valence-electron chi connectivity index (χ3n) is 6.14. The van der Waals surface area contributed by atoms with Gasteiger partial charge in [-0.1, -0.05) is 6.07 Å². The molecular formula is C25H27BrN6O2S. The lowest BCUT2D eigenvalue weighted by molar-refractivity contribution is -0.122. The molecule has 1 fully saturated rings. The zero-order chi connectivity index (χ0) is 24.2. The quantitative estimate of drug-likeness (QED) is 0.293. The molecule has 3 N–H and O–H groups in total. The van der Waals surface area contributed by atoms with E-state index in [9.17, 15) is 4.79 Å². The first-order chi connectivity index (χ1) is 17.1. The fourth-order valence-corrected chi connectivity index (χ4v) is 5.35. The number of likely N-dealkylation sites (tertiary alicyclic amines) is 1. The fraction of sp³-hybridized carbons (Fsp3) is 0.320. The van der Waals surface area contributed by atoms with Crippen LogP contribution in [0.4, 0.5) is 5.69 Å². The van der Waals surface area contributed by atoms with Crippen molar-refractivity contribution in [3.05, 3.63) is 57.3 Å². The third kappa shape index (κ3) is 5.66. The summed E-state index contributed by atoms with van der Waals surface area (Å²) in [6.07, 6.45) is 3.97. The molecule has 0 spiro atoms. The molecule has 0 radical (unpaired) electrons. The molecule has 1 amide bonds. The number of piperidine rings is 1. The smallest absolute Gasteiger partial charge is 0.257 e. The van der Waals surface area contributed by atoms with E-state index in [-0.39, 0.29) is 12.5 Å². The van der Waals surface area contributed by atoms with Crippen LogP contribution in [0.25, 0.3) is 22.6 Å². The molecule has 1 aliphatic rings. The minimum absolute atomic E-state index is 0.0135. The Balaban J connectivity index is 1.27. The van der Waals surface area contributed by atoms with Crippen molar-refractivity contribution in [1.82, 2.24) is 25.2 Å². The van der Waals surface area contributed by atoms with Gasteiger partial charge in [-0.15, -0.1) is 11.3 Å². The number of hydrogen-bond acceptors (Lipinski definition) is 7. The first-order valence-electron chi connectivity index (χ1n) is 11.6. The fourth-order valence-electron chi connectivity index (χ4n) is 4.20. The number of fused-ring (bicyclic) bond motifs is 1. The topological polar surface area (TPSA) is 95.2 Å². The maximum Gasteiger partial charge on any atom is 0.257 e. The summed E-state index contributed by atoms with van der Waals surface area (Å²) in [4.78, 5) is 28.1. The minimum atomic E-state index is -0.170. The monoisotopic (exact) mass is 554 g/mol. The van der Waals surface area contributed by atoms with Gasteiger partial charge in [0.1, 0.15) is 17.1 Å². The number of pyridine rings is 1. The van der Waals surface area contributed by atoms with Gasteiger partial charge in [-0.25, -0.2) is 9.97 Å². The van der Waals surface area contributed by atoms with Gasteiger partial charge >= 0.3 is 0 Å². The van der Waals surface area contributed by atoms with E-state index in [1.807, 2.05) is 41.8 Å². The van der Waals surface area contributed by atoms with Gasteiger partial charge in [-0.05, 0) is 64.5 Å². The predicted octanol–water partition coefficient (Wildman–Crippen LogP) is 4.65. The Morgan fingerprint density at radius 2 is 2.06 bits per heavy atom. The van der Waals surface area contributed by atoms with Gasteiger partial charge in [0, 0.05) is 49.4 Å². The number of thiophene rings is 1. The summed E-state index contributed by atoms with van der Waals surface area (Å²) >= 11 is 5.49. The van der Waals surface area contributed by atoms with Gasteiger partial charge in [0.2, 0.25) is 0 Å². The van der Waals surface area contributed by atoms with E-state index in [0.29, 0.717) is 11.8 Å². The lowest BCUT2D eigenvalue weighted by Gasteiger charge is -2.32. The molecule has 1 aliphatic heterocycles. The van der Waals surface area contributed by atoms with Crippen molar-refractivity contribution >= 4 is 50.0 Å². The number of H-pyrrole nitrogens is 1. The van der Waals surface area contributed by atoms with Crippen LogP contribution in [0.15, 0.2) is 52.4 Å². The minimum Gasteiger partial charge on any atom is -0.484 e. The molecule has 3 aromatic heterocycles. The Morgan fingerprint density at radius 3 is 2.77 bits per heavy atom. The van der Waals surface area contributed by atoms with Crippen molar-refractivity contribution in [3.63, 3.8) is 0 Å². The Kier molecular flexibility index (Phi) is 7.31. The zero-order valence-corrected chi connectivity index (χ0v) is 21.8. The lowest BCUT2D eigenvalue weighted by atomic mass is 10.0. The van der Waals surface area contributed by atoms with Crippen molar-refractivity contribution in [2.45, 2.75) is 25.4 Å². The summed E-state index contributed by atoms with van der Waals surface area (Å²) in [5, 5.41) is 8.41. The SMILES string of the molecule is CNC(=O)COc1ccc(-c2nc3c(NC4CCN(Cc5cccs5)CC4)c(Br)cnc3[nH]2)cc1. The standard InChI is InChI=1S/C25H27BrN6O2S/c1-27-21(33)15-34-18-6-4-16(5-7-18)24-30-23-22(20(26)13-28-25(23)31-24)29-17-8-10-32(11-9-17)14-19-3-2-12-35-19/h2-7,12-13,17H,8-11,14-15H2,1H3,(H,27,33)(H2,28,29,30,31). The van der Waals surface area contributed by atoms with E-state index >= 15 is 0 Å². The lowest BCUT2D eigenvalue weighted by Crippen LogP contribution is -2.38. The first-order valence-corrected chi connectivity index (χ1v) is 13.3. The molecule has 0 bridgehead atoms. The van der Waals surface area contributed by atoms with Crippen LogP contribution in [-0.4, -0.2) is 58.5 Å². The van der Waals surface area contributed by atoms with Crippen molar-refractivity contribution < 1.29 is 9.53 Å². The number of anilines is 1. The molecule has 1 saturated heterocycles. The molecule has 0 saturated carbocycles. The number of ether oxygens (including phenoxy) is 1. The van der Waals surface area contributed by atoms with Crippen LogP contribution in [0, 0.1) is 0 Å². The molecule has 35 heavy (non-hydrogen) atoms. The van der Waals surface area contributed by atoms with Gasteiger partial charge in [-0.2, -0.15) is 0 Å². The maximum absolute atomic E-state index is 11.4. The van der Waals surface area contributed by atoms with E-state index < -0.39 is 0 Å². The second-order valence-electron chi connectivity index (χ2n) is 8.52. The highest BCUT2D eigenvalue weighted by Crippen LogP contribution is 2.33. The number of nitrogens with zero attached hydrogens (tertiary/aromatic N) is 3.